The molecule has 7 aromatic heterocycles. The molecule has 91 heavy (non-hydrogen) atoms. The molecule has 0 bridgehead atoms. The molecule has 0 aliphatic heterocycles. The van der Waals surface area contributed by atoms with Crippen molar-refractivity contribution < 1.29 is 58.4 Å². The van der Waals surface area contributed by atoms with Crippen molar-refractivity contribution in [2.24, 2.45) is 23.5 Å². The molecule has 0 radical (unpaired) electrons. The minimum Gasteiger partial charge on any atom is -0.481 e. The van der Waals surface area contributed by atoms with Gasteiger partial charge >= 0.3 is 11.9 Å². The van der Waals surface area contributed by atoms with Crippen LogP contribution in [-0.4, -0.2) is 125 Å². The number of benzene rings is 1. The van der Waals surface area contributed by atoms with Gasteiger partial charge in [-0.05, 0) is 62.6 Å². The molecule has 0 saturated heterocycles. The van der Waals surface area contributed by atoms with Crippen molar-refractivity contribution in [3.05, 3.63) is 111 Å². The summed E-state index contributed by atoms with van der Waals surface area (Å²) in [6.07, 6.45) is 1.83. The Hall–Kier alpha value is -8.01. The summed E-state index contributed by atoms with van der Waals surface area (Å²) in [5.74, 6) is -5.18. The summed E-state index contributed by atoms with van der Waals surface area (Å²) >= 11 is 7.33. The average molecular weight is 1350 g/mol. The van der Waals surface area contributed by atoms with Crippen LogP contribution in [0.5, 0.6) is 0 Å². The van der Waals surface area contributed by atoms with Crippen LogP contribution in [0.1, 0.15) is 151 Å². The second kappa shape index (κ2) is 30.9. The van der Waals surface area contributed by atoms with Crippen LogP contribution < -0.4 is 31.9 Å². The highest BCUT2D eigenvalue weighted by Gasteiger charge is 2.38. The number of ether oxygens (including phenoxy) is 1. The molecule has 1 saturated carbocycles. The first-order chi connectivity index (χ1) is 43.7. The molecule has 478 valence electrons. The summed E-state index contributed by atoms with van der Waals surface area (Å²) in [5, 5.41) is 51.4. The minimum absolute atomic E-state index is 0.000718. The molecule has 0 spiro atoms. The van der Waals surface area contributed by atoms with Crippen LogP contribution in [0.2, 0.25) is 0 Å². The zero-order chi connectivity index (χ0) is 65.0. The third-order valence-corrected chi connectivity index (χ3v) is 20.6. The number of methoxy groups -OCH3 is 1. The first-order valence-electron chi connectivity index (χ1n) is 28.8. The number of aromatic nitrogens is 7. The highest BCUT2D eigenvalue weighted by atomic mass is 32.1. The van der Waals surface area contributed by atoms with Gasteiger partial charge in [0.15, 0.2) is 6.29 Å². The van der Waals surface area contributed by atoms with Gasteiger partial charge in [0.05, 0.1) is 41.7 Å². The Labute approximate surface area is 546 Å². The van der Waals surface area contributed by atoms with Gasteiger partial charge in [-0.3, -0.25) is 43.3 Å². The summed E-state index contributed by atoms with van der Waals surface area (Å²) in [4.78, 5) is 139. The van der Waals surface area contributed by atoms with Gasteiger partial charge in [0.25, 0.3) is 11.8 Å². The third-order valence-electron chi connectivity index (χ3n) is 14.8. The summed E-state index contributed by atoms with van der Waals surface area (Å²) in [7, 11) is 2.97. The molecule has 6 atom stereocenters. The number of rotatable bonds is 30. The summed E-state index contributed by atoms with van der Waals surface area (Å²) < 4.78 is 5.44. The van der Waals surface area contributed by atoms with E-state index in [2.05, 4.69) is 36.2 Å². The van der Waals surface area contributed by atoms with Crippen LogP contribution in [0.15, 0.2) is 64.0 Å². The van der Waals surface area contributed by atoms with E-state index in [4.69, 9.17) is 30.4 Å². The largest absolute Gasteiger partial charge is 0.481 e. The Balaban J connectivity index is 0.935. The van der Waals surface area contributed by atoms with Gasteiger partial charge in [-0.1, -0.05) is 50.6 Å². The second-order valence-corrected chi connectivity index (χ2v) is 27.4. The fourth-order valence-corrected chi connectivity index (χ4v) is 15.5. The standard InChI is InChI=1S/C60H65N13O12S6/c1-29(2)45(70-52(81)46-30(3)90-54(71-46)36(61)21-42(75)62-4)58-72-48(40(91-58)24-85-5)51(80)63-22-43(76)69-49(50(79)31-12-8-6-9-13-31)57-67-39(27-88-57)56-66-38(26-87-56)47-35(53-64-34(23-74)25-86-53)17-18-37(65-47)55-68-41(28-89-55)73(19-11-7-10-14-44(77)78)59(82)32-15-16-33(20-32)60(83)84/h6,8-9,12-13,17-18,23,25-29,32-33,36,45,49-50,79H,7,10-11,14-16,19-22,24,61H2,1-5H3,(H,62,75)(H,63,80)(H,69,76)(H,70,81)(H,77,78)(H,83,84)/t32-,33-,36+,45?,49+,50+/m1/s1. The molecule has 5 amide bonds. The summed E-state index contributed by atoms with van der Waals surface area (Å²) in [6.45, 7) is 5.23. The Morgan fingerprint density at radius 1 is 0.736 bits per heavy atom. The lowest BCUT2D eigenvalue weighted by molar-refractivity contribution is -0.141. The maximum atomic E-state index is 14.1. The Morgan fingerprint density at radius 2 is 1.46 bits per heavy atom. The zero-order valence-corrected chi connectivity index (χ0v) is 54.8. The molecule has 1 aliphatic rings. The van der Waals surface area contributed by atoms with Gasteiger partial charge in [-0.25, -0.2) is 34.9 Å². The van der Waals surface area contributed by atoms with Crippen molar-refractivity contribution in [1.82, 2.24) is 56.2 Å². The monoisotopic (exact) mass is 1350 g/mol. The van der Waals surface area contributed by atoms with Crippen molar-refractivity contribution in [3.8, 4) is 43.4 Å². The van der Waals surface area contributed by atoms with Gasteiger partial charge in [-0.15, -0.1) is 68.0 Å². The highest BCUT2D eigenvalue weighted by Crippen LogP contribution is 2.41. The number of carbonyl (C=O) groups excluding carboxylic acids is 6. The molecule has 1 aliphatic carbocycles. The molecule has 7 heterocycles. The maximum absolute atomic E-state index is 14.1. The number of nitrogens with two attached hydrogens (primary N) is 1. The Bertz CT molecular complexity index is 3930. The van der Waals surface area contributed by atoms with E-state index in [1.54, 1.807) is 75.8 Å². The number of amides is 5. The lowest BCUT2D eigenvalue weighted by Gasteiger charge is -2.24. The van der Waals surface area contributed by atoms with E-state index in [9.17, 15) is 53.7 Å². The second-order valence-electron chi connectivity index (χ2n) is 21.6. The summed E-state index contributed by atoms with van der Waals surface area (Å²) in [6, 6.07) is 9.76. The number of hydrogen-bond donors (Lipinski definition) is 8. The van der Waals surface area contributed by atoms with Crippen molar-refractivity contribution in [3.63, 3.8) is 0 Å². The number of aliphatic hydroxyl groups excluding tert-OH is 1. The topological polar surface area (TPSA) is 374 Å². The van der Waals surface area contributed by atoms with Crippen LogP contribution >= 0.6 is 68.0 Å². The minimum atomic E-state index is -1.31. The van der Waals surface area contributed by atoms with Gasteiger partial charge < -0.3 is 47.1 Å². The molecule has 9 rings (SSSR count). The zero-order valence-electron chi connectivity index (χ0n) is 49.9. The number of carboxylic acids is 2. The SMILES string of the molecule is CNC(=O)C[C@H](N)c1nc(C(=O)NC(c2nc(C(=O)NCC(=O)N[C@H](c3nc(-c4nc(-c5nc(-c6nc(N(CCCCCC(=O)O)C(=O)[C@@H]7CC[C@@H](C(=O)O)C7)cs6)ccc5-c5nc(C=O)cs5)cs4)cs3)[C@@H](O)c3ccccc3)c(COC)s2)C(C)C)c(C)s1. The van der Waals surface area contributed by atoms with Gasteiger partial charge in [0, 0.05) is 71.4 Å². The normalized spacial score (nSPS) is 15.2. The number of hydrogen-bond acceptors (Lipinski definition) is 24. The van der Waals surface area contributed by atoms with E-state index < -0.39 is 72.3 Å². The predicted molar refractivity (Wildman–Crippen MR) is 346 cm³/mol. The predicted octanol–water partition coefficient (Wildman–Crippen LogP) is 8.82. The number of nitrogens with one attached hydrogen (secondary N) is 4. The molecule has 1 fully saturated rings. The first-order valence-corrected chi connectivity index (χ1v) is 34.0. The number of unbranched alkanes of at least 4 members (excludes halogenated alkanes) is 2. The van der Waals surface area contributed by atoms with Crippen molar-refractivity contribution in [1.29, 1.82) is 0 Å². The van der Waals surface area contributed by atoms with E-state index in [1.165, 1.54) is 82.2 Å². The van der Waals surface area contributed by atoms with Gasteiger partial charge in [-0.2, -0.15) is 0 Å². The molecule has 31 heteroatoms. The molecule has 9 N–H and O–H groups in total. The molecule has 1 unspecified atom stereocenters. The quantitative estimate of drug-likeness (QED) is 0.0154. The number of pyridine rings is 1. The lowest BCUT2D eigenvalue weighted by Crippen LogP contribution is -2.40. The van der Waals surface area contributed by atoms with Crippen LogP contribution in [0.4, 0.5) is 5.82 Å². The number of carboxylic acid groups (broad SMARTS) is 2. The number of nitrogens with zero attached hydrogens (tertiary/aromatic N) is 8. The number of aliphatic carboxylic acids is 2. The van der Waals surface area contributed by atoms with Crippen molar-refractivity contribution in [2.45, 2.75) is 103 Å². The molecular formula is C60H65N13O12S6. The van der Waals surface area contributed by atoms with Crippen molar-refractivity contribution in [2.75, 3.05) is 32.1 Å². The summed E-state index contributed by atoms with van der Waals surface area (Å²) in [5.41, 5.74) is 9.34. The van der Waals surface area contributed by atoms with Crippen molar-refractivity contribution >= 4 is 122 Å². The first kappa shape index (κ1) is 67.4. The Kier molecular flexibility index (Phi) is 22.9. The number of aryl methyl sites for hydroxylation is 1. The van der Waals surface area contributed by atoms with Crippen LogP contribution in [0.25, 0.3) is 43.4 Å². The van der Waals surface area contributed by atoms with E-state index >= 15 is 0 Å². The molecule has 8 aromatic rings. The molecular weight excluding hydrogens is 1290 g/mol. The fourth-order valence-electron chi connectivity index (χ4n) is 10.1. The van der Waals surface area contributed by atoms with E-state index in [1.807, 2.05) is 13.8 Å². The number of aldehydes is 1. The number of thiazole rings is 6. The lowest BCUT2D eigenvalue weighted by atomic mass is 10.0. The maximum Gasteiger partial charge on any atom is 0.306 e. The van der Waals surface area contributed by atoms with Gasteiger partial charge in [0.1, 0.15) is 82.2 Å². The highest BCUT2D eigenvalue weighted by molar-refractivity contribution is 7.15. The molecule has 25 nitrogen and oxygen atoms in total. The van der Waals surface area contributed by atoms with Crippen LogP contribution in [-0.2, 0) is 35.3 Å². The number of carbonyl (C=O) groups is 8. The van der Waals surface area contributed by atoms with Crippen LogP contribution in [0, 0.1) is 24.7 Å². The number of anilines is 1. The van der Waals surface area contributed by atoms with Gasteiger partial charge in [0.2, 0.25) is 17.7 Å². The Morgan fingerprint density at radius 3 is 2.16 bits per heavy atom. The molecule has 1 aromatic carbocycles. The number of aliphatic hydroxyl groups is 1. The smallest absolute Gasteiger partial charge is 0.306 e. The fraction of sp³-hybridized carbons (Fsp3) is 0.383. The van der Waals surface area contributed by atoms with E-state index in [0.29, 0.717) is 118 Å². The van der Waals surface area contributed by atoms with E-state index in [-0.39, 0.29) is 67.2 Å². The van der Waals surface area contributed by atoms with Crippen LogP contribution in [0.3, 0.4) is 0 Å². The average Bonchev–Trinajstić information content (AvgIpc) is 1.81. The van der Waals surface area contributed by atoms with E-state index in [0.717, 1.165) is 0 Å². The third kappa shape index (κ3) is 16.6.